The number of rotatable bonds is 16. The topological polar surface area (TPSA) is 29.3 Å². The number of allylic oxidation sites excluding steroid dienone is 2. The summed E-state index contributed by atoms with van der Waals surface area (Å²) in [5.74, 6) is 2.02. The van der Waals surface area contributed by atoms with Crippen LogP contribution in [0.4, 0.5) is 4.39 Å². The van der Waals surface area contributed by atoms with E-state index in [4.69, 9.17) is 12.3 Å². The van der Waals surface area contributed by atoms with Crippen LogP contribution in [0.2, 0.25) is 0 Å². The maximum absolute atomic E-state index is 12.9. The predicted octanol–water partition coefficient (Wildman–Crippen LogP) is 9.94. The van der Waals surface area contributed by atoms with Gasteiger partial charge >= 0.3 is 0 Å². The van der Waals surface area contributed by atoms with Crippen molar-refractivity contribution in [3.8, 4) is 0 Å². The van der Waals surface area contributed by atoms with Crippen LogP contribution in [0.25, 0.3) is 6.08 Å². The molecule has 2 aliphatic carbocycles. The molecule has 3 heteroatoms. The summed E-state index contributed by atoms with van der Waals surface area (Å²) < 4.78 is 12.9. The zero-order chi connectivity index (χ0) is 27.6. The molecule has 2 nitrogen and oxygen atoms in total. The number of nitrogens with zero attached hydrogens (tertiary/aromatic N) is 1. The molecule has 1 heterocycles. The first-order valence-electron chi connectivity index (χ1n) is 16.6. The molecule has 1 aromatic carbocycles. The van der Waals surface area contributed by atoms with Gasteiger partial charge in [-0.3, -0.25) is 0 Å². The second-order valence-corrected chi connectivity index (χ2v) is 13.0. The number of fused-ring (bicyclic) bond motifs is 1. The van der Waals surface area contributed by atoms with E-state index in [9.17, 15) is 4.39 Å². The molecule has 1 saturated carbocycles. The van der Waals surface area contributed by atoms with E-state index in [0.29, 0.717) is 12.0 Å². The number of unbranched alkanes of at least 4 members (excludes halogenated alkanes) is 4. The number of alkyl halides is 1. The summed E-state index contributed by atoms with van der Waals surface area (Å²) in [7, 11) is 0. The first-order chi connectivity index (χ1) is 19.0. The lowest BCUT2D eigenvalue weighted by Crippen LogP contribution is -2.31. The van der Waals surface area contributed by atoms with Crippen LogP contribution in [-0.2, 0) is 6.42 Å². The maximum Gasteiger partial charge on any atom is 0.104 e. The van der Waals surface area contributed by atoms with Gasteiger partial charge in [0.25, 0.3) is 0 Å². The quantitative estimate of drug-likeness (QED) is 0.213. The van der Waals surface area contributed by atoms with Crippen LogP contribution in [-0.4, -0.2) is 24.2 Å². The van der Waals surface area contributed by atoms with Crippen molar-refractivity contribution in [2.24, 2.45) is 23.5 Å². The van der Waals surface area contributed by atoms with Gasteiger partial charge in [-0.05, 0) is 85.5 Å². The van der Waals surface area contributed by atoms with Crippen LogP contribution < -0.4 is 5.73 Å². The third-order valence-corrected chi connectivity index (χ3v) is 10.2. The van der Waals surface area contributed by atoms with E-state index in [1.165, 1.54) is 99.4 Å². The Balaban J connectivity index is 1.50. The van der Waals surface area contributed by atoms with Gasteiger partial charge in [0, 0.05) is 18.3 Å². The zero-order valence-corrected chi connectivity index (χ0v) is 25.2. The van der Waals surface area contributed by atoms with Gasteiger partial charge in [0.1, 0.15) is 6.67 Å². The van der Waals surface area contributed by atoms with Crippen LogP contribution >= 0.6 is 0 Å². The van der Waals surface area contributed by atoms with Gasteiger partial charge in [-0.15, -0.1) is 0 Å². The lowest BCUT2D eigenvalue weighted by molar-refractivity contribution is 0.178. The molecule has 4 rings (SSSR count). The summed E-state index contributed by atoms with van der Waals surface area (Å²) in [5.41, 5.74) is 13.3. The highest BCUT2D eigenvalue weighted by atomic mass is 19.1. The van der Waals surface area contributed by atoms with E-state index in [1.54, 1.807) is 5.57 Å². The van der Waals surface area contributed by atoms with Gasteiger partial charge in [-0.25, -0.2) is 4.39 Å². The smallest absolute Gasteiger partial charge is 0.104 e. The second-order valence-electron chi connectivity index (χ2n) is 13.0. The number of hydrogen-bond acceptors (Lipinski definition) is 2. The van der Waals surface area contributed by atoms with Gasteiger partial charge in [0.05, 0.1) is 6.04 Å². The molecule has 0 amide bonds. The SMILES string of the molecule is C=C(C(CC)CCCC(N)CF)N1CCC(C2CCCCC2)C1c1ccc2c(c1)C=C(CCCCCCC)C2. The Morgan fingerprint density at radius 3 is 2.56 bits per heavy atom. The normalized spacial score (nSPS) is 23.1. The highest BCUT2D eigenvalue weighted by Crippen LogP contribution is 2.49. The van der Waals surface area contributed by atoms with Gasteiger partial charge in [-0.2, -0.15) is 0 Å². The van der Waals surface area contributed by atoms with Gasteiger partial charge in [0.15, 0.2) is 0 Å². The molecule has 2 fully saturated rings. The maximum atomic E-state index is 12.9. The summed E-state index contributed by atoms with van der Waals surface area (Å²) in [4.78, 5) is 2.71. The Labute approximate surface area is 239 Å². The van der Waals surface area contributed by atoms with Crippen LogP contribution in [0.15, 0.2) is 36.0 Å². The van der Waals surface area contributed by atoms with E-state index in [1.807, 2.05) is 0 Å². The Bertz CT molecular complexity index is 930. The van der Waals surface area contributed by atoms with Gasteiger partial charge in [-0.1, -0.05) is 108 Å². The second kappa shape index (κ2) is 15.4. The van der Waals surface area contributed by atoms with E-state index in [0.717, 1.165) is 50.5 Å². The summed E-state index contributed by atoms with van der Waals surface area (Å²) >= 11 is 0. The number of hydrogen-bond donors (Lipinski definition) is 1. The monoisotopic (exact) mass is 536 g/mol. The zero-order valence-electron chi connectivity index (χ0n) is 25.2. The molecule has 1 aromatic rings. The van der Waals surface area contributed by atoms with Crippen molar-refractivity contribution in [1.29, 1.82) is 0 Å². The fraction of sp³-hybridized carbons (Fsp3) is 0.722. The lowest BCUT2D eigenvalue weighted by Gasteiger charge is -2.38. The van der Waals surface area contributed by atoms with E-state index < -0.39 is 6.67 Å². The van der Waals surface area contributed by atoms with Crippen molar-refractivity contribution >= 4 is 6.08 Å². The Morgan fingerprint density at radius 1 is 1.03 bits per heavy atom. The molecular weight excluding hydrogens is 479 g/mol. The first-order valence-corrected chi connectivity index (χ1v) is 16.6. The molecule has 0 radical (unpaired) electrons. The number of nitrogens with two attached hydrogens (primary N) is 1. The van der Waals surface area contributed by atoms with Crippen molar-refractivity contribution in [3.05, 3.63) is 52.7 Å². The number of halogens is 1. The van der Waals surface area contributed by atoms with Crippen LogP contribution in [0.1, 0.15) is 139 Å². The average molecular weight is 537 g/mol. The fourth-order valence-electron chi connectivity index (χ4n) is 7.89. The molecule has 3 aliphatic rings. The first kappa shape index (κ1) is 30.4. The number of benzene rings is 1. The minimum atomic E-state index is -0.414. The van der Waals surface area contributed by atoms with Crippen molar-refractivity contribution in [2.75, 3.05) is 13.2 Å². The standard InChI is InChI=1S/C36H57FN2/c1-4-6-7-8-10-14-28-23-31-19-20-32(25-33(31)24-28)36-35(30-15-11-9-12-16-30)21-22-39(36)27(3)29(5-2)17-13-18-34(38)26-37/h19-20,24-25,29-30,34-36H,3-18,21-23,26,38H2,1-2H3. The van der Waals surface area contributed by atoms with Crippen molar-refractivity contribution < 1.29 is 4.39 Å². The molecule has 4 atom stereocenters. The third kappa shape index (κ3) is 7.99. The minimum absolute atomic E-state index is 0.313. The summed E-state index contributed by atoms with van der Waals surface area (Å²) in [5, 5.41) is 0. The summed E-state index contributed by atoms with van der Waals surface area (Å²) in [6.45, 7) is 10.0. The number of likely N-dealkylation sites (tertiary alicyclic amines) is 1. The van der Waals surface area contributed by atoms with Crippen LogP contribution in [0, 0.1) is 17.8 Å². The van der Waals surface area contributed by atoms with Gasteiger partial charge in [0.2, 0.25) is 0 Å². The molecule has 1 aliphatic heterocycles. The molecule has 0 bridgehead atoms. The Kier molecular flexibility index (Phi) is 12.0. The summed E-state index contributed by atoms with van der Waals surface area (Å²) in [6, 6.07) is 7.58. The molecule has 39 heavy (non-hydrogen) atoms. The molecule has 0 aromatic heterocycles. The van der Waals surface area contributed by atoms with E-state index in [2.05, 4.69) is 43.0 Å². The lowest BCUT2D eigenvalue weighted by atomic mass is 9.75. The summed E-state index contributed by atoms with van der Waals surface area (Å²) in [6.07, 6.45) is 23.9. The molecule has 0 spiro atoms. The molecule has 4 unspecified atom stereocenters. The van der Waals surface area contributed by atoms with E-state index >= 15 is 0 Å². The molecular formula is C36H57FN2. The third-order valence-electron chi connectivity index (χ3n) is 10.2. The van der Waals surface area contributed by atoms with E-state index in [-0.39, 0.29) is 6.04 Å². The Hall–Kier alpha value is -1.61. The van der Waals surface area contributed by atoms with Crippen molar-refractivity contribution in [1.82, 2.24) is 4.90 Å². The predicted molar refractivity (Wildman–Crippen MR) is 166 cm³/mol. The fourth-order valence-corrected chi connectivity index (χ4v) is 7.89. The average Bonchev–Trinajstić information content (AvgIpc) is 3.59. The van der Waals surface area contributed by atoms with Crippen molar-refractivity contribution in [2.45, 2.75) is 135 Å². The largest absolute Gasteiger partial charge is 0.368 e. The van der Waals surface area contributed by atoms with Crippen LogP contribution in [0.5, 0.6) is 0 Å². The highest BCUT2D eigenvalue weighted by Gasteiger charge is 2.41. The Morgan fingerprint density at radius 2 is 1.82 bits per heavy atom. The van der Waals surface area contributed by atoms with Crippen molar-refractivity contribution in [3.63, 3.8) is 0 Å². The van der Waals surface area contributed by atoms with Crippen LogP contribution in [0.3, 0.4) is 0 Å². The molecule has 1 saturated heterocycles. The highest BCUT2D eigenvalue weighted by molar-refractivity contribution is 5.64. The molecule has 218 valence electrons. The molecule has 2 N–H and O–H groups in total. The minimum Gasteiger partial charge on any atom is -0.368 e. The van der Waals surface area contributed by atoms with Gasteiger partial charge < -0.3 is 10.6 Å².